The molecule has 0 spiro atoms. The van der Waals surface area contributed by atoms with Crippen LogP contribution >= 0.6 is 0 Å². The van der Waals surface area contributed by atoms with E-state index in [1.807, 2.05) is 25.3 Å². The summed E-state index contributed by atoms with van der Waals surface area (Å²) in [6, 6.07) is 6.30. The number of rotatable bonds is 6. The first kappa shape index (κ1) is 15.9. The third-order valence-electron chi connectivity index (χ3n) is 3.96. The van der Waals surface area contributed by atoms with E-state index < -0.39 is 0 Å². The molecule has 1 saturated heterocycles. The molecule has 1 amide bonds. The van der Waals surface area contributed by atoms with Crippen molar-refractivity contribution in [1.29, 1.82) is 0 Å². The van der Waals surface area contributed by atoms with E-state index in [-0.39, 0.29) is 11.9 Å². The van der Waals surface area contributed by atoms with E-state index in [1.165, 1.54) is 0 Å². The van der Waals surface area contributed by atoms with E-state index in [0.717, 1.165) is 44.8 Å². The molecule has 1 aromatic rings. The fourth-order valence-electron chi connectivity index (χ4n) is 2.45. The Bertz CT molecular complexity index is 429. The molecule has 5 nitrogen and oxygen atoms in total. The summed E-state index contributed by atoms with van der Waals surface area (Å²) in [6.07, 6.45) is 2.81. The molecule has 2 rings (SSSR count). The fourth-order valence-corrected chi connectivity index (χ4v) is 2.45. The van der Waals surface area contributed by atoms with Gasteiger partial charge in [0.25, 0.3) is 0 Å². The minimum Gasteiger partial charge on any atom is -0.353 e. The number of hydrogen-bond acceptors (Lipinski definition) is 4. The zero-order valence-electron chi connectivity index (χ0n) is 13.1. The lowest BCUT2D eigenvalue weighted by Crippen LogP contribution is -2.49. The van der Waals surface area contributed by atoms with Crippen molar-refractivity contribution in [3.05, 3.63) is 30.1 Å². The number of nitrogens with one attached hydrogen (secondary N) is 1. The van der Waals surface area contributed by atoms with Gasteiger partial charge in [-0.3, -0.25) is 19.6 Å². The summed E-state index contributed by atoms with van der Waals surface area (Å²) in [6.45, 7) is 9.42. The SMILES string of the molecule is CC[C@@H](C)NC(=O)CN1CCN(Cc2ccccn2)CC1. The maximum absolute atomic E-state index is 11.9. The first-order chi connectivity index (χ1) is 10.2. The van der Waals surface area contributed by atoms with Crippen molar-refractivity contribution in [3.8, 4) is 0 Å². The highest BCUT2D eigenvalue weighted by Crippen LogP contribution is 2.06. The fraction of sp³-hybridized carbons (Fsp3) is 0.625. The van der Waals surface area contributed by atoms with Crippen LogP contribution in [0.25, 0.3) is 0 Å². The van der Waals surface area contributed by atoms with Gasteiger partial charge in [0, 0.05) is 45.0 Å². The van der Waals surface area contributed by atoms with Crippen LogP contribution in [0.15, 0.2) is 24.4 Å². The third kappa shape index (κ3) is 5.44. The summed E-state index contributed by atoms with van der Waals surface area (Å²) in [7, 11) is 0. The Hall–Kier alpha value is -1.46. The average molecular weight is 290 g/mol. The highest BCUT2D eigenvalue weighted by molar-refractivity contribution is 5.78. The Morgan fingerprint density at radius 2 is 2.00 bits per heavy atom. The summed E-state index contributed by atoms with van der Waals surface area (Å²) in [4.78, 5) is 20.9. The molecule has 0 radical (unpaired) electrons. The Labute approximate surface area is 127 Å². The van der Waals surface area contributed by atoms with Gasteiger partial charge in [0.1, 0.15) is 0 Å². The Balaban J connectivity index is 1.69. The Kier molecular flexibility index (Phi) is 6.14. The Morgan fingerprint density at radius 1 is 1.29 bits per heavy atom. The van der Waals surface area contributed by atoms with E-state index in [0.29, 0.717) is 6.54 Å². The maximum Gasteiger partial charge on any atom is 0.234 e. The number of hydrogen-bond donors (Lipinski definition) is 1. The molecule has 1 fully saturated rings. The van der Waals surface area contributed by atoms with Crippen molar-refractivity contribution in [1.82, 2.24) is 20.1 Å². The van der Waals surface area contributed by atoms with Crippen LogP contribution in [0, 0.1) is 0 Å². The smallest absolute Gasteiger partial charge is 0.234 e. The quantitative estimate of drug-likeness (QED) is 0.853. The standard InChI is InChI=1S/C16H26N4O/c1-3-14(2)18-16(21)13-20-10-8-19(9-11-20)12-15-6-4-5-7-17-15/h4-7,14H,3,8-13H2,1-2H3,(H,18,21)/t14-/m1/s1. The molecule has 116 valence electrons. The minimum atomic E-state index is 0.141. The average Bonchev–Trinajstić information content (AvgIpc) is 2.50. The number of carbonyl (C=O) groups is 1. The van der Waals surface area contributed by atoms with Gasteiger partial charge in [-0.25, -0.2) is 0 Å². The molecule has 0 bridgehead atoms. The number of carbonyl (C=O) groups excluding carboxylic acids is 1. The summed E-state index contributed by atoms with van der Waals surface area (Å²) < 4.78 is 0. The topological polar surface area (TPSA) is 48.5 Å². The molecule has 0 aliphatic carbocycles. The number of piperazine rings is 1. The van der Waals surface area contributed by atoms with Gasteiger partial charge in [0.15, 0.2) is 0 Å². The second-order valence-electron chi connectivity index (χ2n) is 5.75. The lowest BCUT2D eigenvalue weighted by atomic mass is 10.2. The van der Waals surface area contributed by atoms with Crippen molar-refractivity contribution in [3.63, 3.8) is 0 Å². The number of pyridine rings is 1. The molecule has 1 N–H and O–H groups in total. The first-order valence-electron chi connectivity index (χ1n) is 7.81. The minimum absolute atomic E-state index is 0.141. The summed E-state index contributed by atoms with van der Waals surface area (Å²) in [5.74, 6) is 0.141. The molecule has 1 aliphatic heterocycles. The van der Waals surface area contributed by atoms with E-state index >= 15 is 0 Å². The van der Waals surface area contributed by atoms with E-state index in [4.69, 9.17) is 0 Å². The molecular weight excluding hydrogens is 264 g/mol. The second kappa shape index (κ2) is 8.10. The van der Waals surface area contributed by atoms with Crippen LogP contribution in [0.4, 0.5) is 0 Å². The maximum atomic E-state index is 11.9. The van der Waals surface area contributed by atoms with Crippen LogP contribution in [0.2, 0.25) is 0 Å². The van der Waals surface area contributed by atoms with Gasteiger partial charge in [-0.05, 0) is 25.5 Å². The number of amides is 1. The Morgan fingerprint density at radius 3 is 2.62 bits per heavy atom. The molecule has 0 aromatic carbocycles. The lowest BCUT2D eigenvalue weighted by molar-refractivity contribution is -0.123. The van der Waals surface area contributed by atoms with E-state index in [9.17, 15) is 4.79 Å². The molecule has 1 atom stereocenters. The summed E-state index contributed by atoms with van der Waals surface area (Å²) in [5, 5.41) is 3.02. The summed E-state index contributed by atoms with van der Waals surface area (Å²) in [5.41, 5.74) is 1.11. The van der Waals surface area contributed by atoms with E-state index in [2.05, 4.69) is 33.1 Å². The van der Waals surface area contributed by atoms with Crippen molar-refractivity contribution >= 4 is 5.91 Å². The number of nitrogens with zero attached hydrogens (tertiary/aromatic N) is 3. The zero-order chi connectivity index (χ0) is 15.1. The van der Waals surface area contributed by atoms with Gasteiger partial charge in [-0.2, -0.15) is 0 Å². The van der Waals surface area contributed by atoms with Gasteiger partial charge >= 0.3 is 0 Å². The van der Waals surface area contributed by atoms with Crippen LogP contribution in [0.3, 0.4) is 0 Å². The molecule has 0 unspecified atom stereocenters. The largest absolute Gasteiger partial charge is 0.353 e. The van der Waals surface area contributed by atoms with Gasteiger partial charge in [-0.1, -0.05) is 13.0 Å². The van der Waals surface area contributed by atoms with Gasteiger partial charge in [-0.15, -0.1) is 0 Å². The normalized spacial score (nSPS) is 18.4. The van der Waals surface area contributed by atoms with Crippen LogP contribution in [-0.4, -0.2) is 59.5 Å². The number of aromatic nitrogens is 1. The van der Waals surface area contributed by atoms with Crippen molar-refractivity contribution < 1.29 is 4.79 Å². The monoisotopic (exact) mass is 290 g/mol. The third-order valence-corrected chi connectivity index (χ3v) is 3.96. The lowest BCUT2D eigenvalue weighted by Gasteiger charge is -2.34. The molecule has 1 aliphatic rings. The first-order valence-corrected chi connectivity index (χ1v) is 7.81. The van der Waals surface area contributed by atoms with Crippen molar-refractivity contribution in [2.24, 2.45) is 0 Å². The molecule has 0 saturated carbocycles. The van der Waals surface area contributed by atoms with Crippen LogP contribution < -0.4 is 5.32 Å². The predicted octanol–water partition coefficient (Wildman–Crippen LogP) is 1.11. The summed E-state index contributed by atoms with van der Waals surface area (Å²) >= 11 is 0. The van der Waals surface area contributed by atoms with Gasteiger partial charge in [0.05, 0.1) is 12.2 Å². The van der Waals surface area contributed by atoms with Crippen LogP contribution in [0.5, 0.6) is 0 Å². The second-order valence-corrected chi connectivity index (χ2v) is 5.75. The van der Waals surface area contributed by atoms with Crippen molar-refractivity contribution in [2.45, 2.75) is 32.9 Å². The van der Waals surface area contributed by atoms with Crippen molar-refractivity contribution in [2.75, 3.05) is 32.7 Å². The van der Waals surface area contributed by atoms with Gasteiger partial charge < -0.3 is 5.32 Å². The molecule has 1 aromatic heterocycles. The molecule has 2 heterocycles. The van der Waals surface area contributed by atoms with Gasteiger partial charge in [0.2, 0.25) is 5.91 Å². The molecular formula is C16H26N4O. The van der Waals surface area contributed by atoms with Crippen LogP contribution in [-0.2, 0) is 11.3 Å². The predicted molar refractivity (Wildman–Crippen MR) is 83.8 cm³/mol. The molecule has 21 heavy (non-hydrogen) atoms. The highest BCUT2D eigenvalue weighted by Gasteiger charge is 2.19. The van der Waals surface area contributed by atoms with Crippen LogP contribution in [0.1, 0.15) is 26.0 Å². The van der Waals surface area contributed by atoms with E-state index in [1.54, 1.807) is 0 Å². The zero-order valence-corrected chi connectivity index (χ0v) is 13.1. The highest BCUT2D eigenvalue weighted by atomic mass is 16.2. The molecule has 5 heteroatoms.